The molecule has 8 aliphatic rings. The van der Waals surface area contributed by atoms with Gasteiger partial charge in [0, 0.05) is 101 Å². The van der Waals surface area contributed by atoms with Crippen LogP contribution in [0.25, 0.3) is 0 Å². The van der Waals surface area contributed by atoms with Crippen molar-refractivity contribution in [1.82, 2.24) is 83.0 Å². The number of hydrogen-bond donors (Lipinski definition) is 40. The smallest absolute Gasteiger partial charge is 0.263 e. The number of nitrogens with zero attached hydrogens (tertiary/aromatic N) is 8. The lowest BCUT2D eigenvalue weighted by atomic mass is 9.92. The second-order valence-electron chi connectivity index (χ2n) is 34.1. The molecule has 32 atom stereocenters. The summed E-state index contributed by atoms with van der Waals surface area (Å²) in [4.78, 5) is 103. The van der Waals surface area contributed by atoms with Crippen LogP contribution < -0.4 is 43.8 Å². The first-order valence-electron chi connectivity index (χ1n) is 41.1. The number of hydroxylamine groups is 8. The zero-order valence-electron chi connectivity index (χ0n) is 73.9. The van der Waals surface area contributed by atoms with E-state index >= 15 is 0 Å². The van der Waals surface area contributed by atoms with Crippen molar-refractivity contribution in [1.29, 1.82) is 0 Å². The summed E-state index contributed by atoms with van der Waals surface area (Å²) in [7, 11) is 0. The van der Waals surface area contributed by atoms with E-state index in [1.807, 2.05) is 0 Å². The van der Waals surface area contributed by atoms with Crippen LogP contribution in [0.3, 0.4) is 0 Å². The van der Waals surface area contributed by atoms with Crippen molar-refractivity contribution in [3.8, 4) is 0 Å². The molecule has 0 aromatic heterocycles. The number of hydrogen-bond acceptors (Lipinski definition) is 48. The van der Waals surface area contributed by atoms with Crippen molar-refractivity contribution in [3.05, 3.63) is 0 Å². The Kier molecular flexibility index (Phi) is 51.7. The Labute approximate surface area is 736 Å². The van der Waals surface area contributed by atoms with Crippen LogP contribution in [-0.2, 0) is 38.4 Å². The van der Waals surface area contributed by atoms with Crippen LogP contribution in [0.5, 0.6) is 0 Å². The van der Waals surface area contributed by atoms with Crippen molar-refractivity contribution in [3.63, 3.8) is 0 Å². The molecule has 40 N–H and O–H groups in total. The molecule has 8 saturated heterocycles. The van der Waals surface area contributed by atoms with Crippen LogP contribution >= 0.6 is 0 Å². The summed E-state index contributed by atoms with van der Waals surface area (Å²) in [6, 6.07) is -9.43. The van der Waals surface area contributed by atoms with Gasteiger partial charge in [0.15, 0.2) is 0 Å². The number of piperidine rings is 8. The molecule has 0 spiro atoms. The minimum atomic E-state index is -1.43. The zero-order chi connectivity index (χ0) is 99.6. The van der Waals surface area contributed by atoms with Gasteiger partial charge in [-0.3, -0.25) is 119 Å². The Morgan fingerprint density at radius 1 is 0.164 bits per heavy atom. The molecular weight excluding hydrogens is 1730 g/mol. The molecule has 8 rings (SSSR count). The number of β-amino-alcohol motifs (C(OH)–C–C–N with tert-alkyl or cyclic N) is 8. The summed E-state index contributed by atoms with van der Waals surface area (Å²) in [6.07, 6.45) is -31.5. The maximum absolute atomic E-state index is 11.4. The SMILES string of the molecule is CC(C)N1C[C@@H](O)[C@@H](O)[C@@H](O)[C@@H]1C(=O)NO.CC(C)N1C[C@@H](O)[C@@H](O)[C@H](O)[C@@H]1C(=O)NO.CC(C)N1C[C@@H](O)[C@H](O)[C@@H](O)[C@@H]1C(=O)NO.CC(C)N1C[C@@H](O)[C@H](O)[C@H](O)[C@@H]1C(=O)NO.CC(C)N1C[C@H](O)[C@@H](O)[C@@H](O)[C@@H]1C(=O)NO.CC(C)N1C[C@H](O)[C@@H](O)[C@H](O)[C@@H]1C(=O)NO.CC(C)N1C[C@H](O)[C@H](O)[C@@H](O)[C@@H]1C(=O)NO.CC(C)N1C[C@H](O)[C@H](O)[C@H](O)[C@@H]1C(=O)NO. The monoisotopic (exact) mass is 1870 g/mol. The highest BCUT2D eigenvalue weighted by atomic mass is 16.5. The lowest BCUT2D eigenvalue weighted by Crippen LogP contribution is -2.66. The molecule has 8 amide bonds. The predicted molar refractivity (Wildman–Crippen MR) is 429 cm³/mol. The Balaban J connectivity index is 0.000000731. The van der Waals surface area contributed by atoms with E-state index in [0.29, 0.717) is 0 Å². The maximum Gasteiger partial charge on any atom is 0.263 e. The molecule has 0 aromatic rings. The van der Waals surface area contributed by atoms with Gasteiger partial charge in [-0.25, -0.2) is 43.8 Å². The fourth-order valence-corrected chi connectivity index (χ4v) is 15.6. The number of rotatable bonds is 16. The van der Waals surface area contributed by atoms with E-state index in [9.17, 15) is 161 Å². The highest BCUT2D eigenvalue weighted by molar-refractivity contribution is 5.85. The van der Waals surface area contributed by atoms with Crippen LogP contribution in [0.1, 0.15) is 111 Å². The van der Waals surface area contributed by atoms with Crippen molar-refractivity contribution in [2.45, 2.75) is 354 Å². The summed E-state index contributed by atoms with van der Waals surface area (Å²) in [6.45, 7) is 29.1. The summed E-state index contributed by atoms with van der Waals surface area (Å²) in [5, 5.41) is 298. The topological polar surface area (TPSA) is 906 Å². The van der Waals surface area contributed by atoms with Crippen LogP contribution in [0.4, 0.5) is 0 Å². The number of nitrogens with one attached hydrogen (secondary N) is 8. The Morgan fingerprint density at radius 3 is 0.289 bits per heavy atom. The average molecular weight is 1870 g/mol. The fourth-order valence-electron chi connectivity index (χ4n) is 15.6. The normalized spacial score (nSPS) is 36.4. The van der Waals surface area contributed by atoms with E-state index < -0.39 is 242 Å². The second-order valence-corrected chi connectivity index (χ2v) is 34.1. The third kappa shape index (κ3) is 31.1. The molecule has 0 bridgehead atoms. The van der Waals surface area contributed by atoms with E-state index in [2.05, 4.69) is 0 Å². The molecule has 0 saturated carbocycles. The number of carbonyl (C=O) groups excluding carboxylic acids is 8. The highest BCUT2D eigenvalue weighted by Crippen LogP contribution is 2.30. The first kappa shape index (κ1) is 120. The Bertz CT molecular complexity index is 2710. The largest absolute Gasteiger partial charge is 0.389 e. The Hall–Kier alpha value is -5.84. The Morgan fingerprint density at radius 2 is 0.234 bits per heavy atom. The molecule has 8 heterocycles. The van der Waals surface area contributed by atoms with Gasteiger partial charge >= 0.3 is 0 Å². The second kappa shape index (κ2) is 55.1. The molecule has 0 aromatic carbocycles. The van der Waals surface area contributed by atoms with Crippen molar-refractivity contribution < 1.29 is 203 Å². The van der Waals surface area contributed by atoms with Crippen LogP contribution in [0.2, 0.25) is 0 Å². The van der Waals surface area contributed by atoms with Crippen LogP contribution in [0, 0.1) is 0 Å². The van der Waals surface area contributed by atoms with Crippen molar-refractivity contribution in [2.24, 2.45) is 0 Å². The number of carbonyl (C=O) groups is 8. The van der Waals surface area contributed by atoms with Gasteiger partial charge in [-0.2, -0.15) is 0 Å². The van der Waals surface area contributed by atoms with Gasteiger partial charge in [-0.1, -0.05) is 0 Å². The lowest BCUT2D eigenvalue weighted by molar-refractivity contribution is -0.167. The summed E-state index contributed by atoms with van der Waals surface area (Å²) >= 11 is 0. The first-order valence-corrected chi connectivity index (χ1v) is 41.1. The third-order valence-corrected chi connectivity index (χ3v) is 22.9. The molecule has 0 unspecified atom stereocenters. The van der Waals surface area contributed by atoms with Gasteiger partial charge in [-0.05, 0) is 111 Å². The lowest BCUT2D eigenvalue weighted by Gasteiger charge is -2.44. The summed E-state index contributed by atoms with van der Waals surface area (Å²) < 4.78 is 0. The molecule has 8 fully saturated rings. The molecule has 56 heteroatoms. The molecule has 128 heavy (non-hydrogen) atoms. The van der Waals surface area contributed by atoms with Gasteiger partial charge in [0.2, 0.25) is 0 Å². The number of amides is 8. The van der Waals surface area contributed by atoms with E-state index in [0.717, 1.165) is 0 Å². The van der Waals surface area contributed by atoms with Crippen molar-refractivity contribution >= 4 is 47.3 Å². The van der Waals surface area contributed by atoms with Gasteiger partial charge in [-0.15, -0.1) is 0 Å². The van der Waals surface area contributed by atoms with Gasteiger partial charge in [0.05, 0.1) is 48.8 Å². The average Bonchev–Trinajstić information content (AvgIpc) is 0.848. The first-order chi connectivity index (χ1) is 59.2. The van der Waals surface area contributed by atoms with Crippen LogP contribution in [-0.4, -0.2) is 546 Å². The minimum Gasteiger partial charge on any atom is -0.389 e. The standard InChI is InChI=1S/8C9H18N2O5/c8*1-4(2)11-3-5(12)7(13)8(14)6(11)9(15)10-16/h8*4-8,12-14,16H,3H2,1-2H3,(H,10,15)/t5-,6+,7+,8+;5-,6+,7+,8-;5-,6+,7-,8+;5-,6+,7-,8-;5-,6-,7+,8+;5-,6-,7+,8-;5-,6-,7-,8+;5-,6-,7-,8-/m00001111/s1. The number of likely N-dealkylation sites (tertiary alicyclic amines) is 8. The maximum atomic E-state index is 11.4. The van der Waals surface area contributed by atoms with E-state index in [4.69, 9.17) is 41.7 Å². The number of aliphatic hydroxyl groups is 24. The molecule has 0 aliphatic carbocycles. The van der Waals surface area contributed by atoms with Gasteiger partial charge in [0.25, 0.3) is 47.3 Å². The molecule has 0 radical (unpaired) electrons. The number of aliphatic hydroxyl groups excluding tert-OH is 24. The predicted octanol–water partition coefficient (Wildman–Crippen LogP) is -18.7. The van der Waals surface area contributed by atoms with Gasteiger partial charge < -0.3 is 123 Å². The summed E-state index contributed by atoms with van der Waals surface area (Å²) in [5.41, 5.74) is 11.6. The highest BCUT2D eigenvalue weighted by Gasteiger charge is 2.54. The fraction of sp³-hybridized carbons (Fsp3) is 0.889. The van der Waals surface area contributed by atoms with Crippen molar-refractivity contribution in [2.75, 3.05) is 52.4 Å². The van der Waals surface area contributed by atoms with E-state index in [1.54, 1.807) is 111 Å². The minimum absolute atomic E-state index is 0.0635. The molecular formula is C72H144N16O40. The zero-order valence-corrected chi connectivity index (χ0v) is 73.9. The third-order valence-electron chi connectivity index (χ3n) is 22.9. The molecule has 752 valence electrons. The molecule has 56 nitrogen and oxygen atoms in total. The quantitative estimate of drug-likeness (QED) is 0.0504. The summed E-state index contributed by atoms with van der Waals surface area (Å²) in [5.74, 6) is -6.39. The van der Waals surface area contributed by atoms with Gasteiger partial charge in [0.1, 0.15) is 146 Å². The van der Waals surface area contributed by atoms with E-state index in [-0.39, 0.29) is 101 Å². The molecule has 8 aliphatic heterocycles. The van der Waals surface area contributed by atoms with Crippen LogP contribution in [0.15, 0.2) is 0 Å². The van der Waals surface area contributed by atoms with E-state index in [1.165, 1.54) is 83.0 Å².